The van der Waals surface area contributed by atoms with E-state index < -0.39 is 17.5 Å². The van der Waals surface area contributed by atoms with Gasteiger partial charge in [-0.05, 0) is 39.5 Å². The number of esters is 1. The molecule has 0 aromatic heterocycles. The summed E-state index contributed by atoms with van der Waals surface area (Å²) in [6, 6.07) is -0.339. The quantitative estimate of drug-likeness (QED) is 0.767. The monoisotopic (exact) mass is 298 g/mol. The lowest BCUT2D eigenvalue weighted by molar-refractivity contribution is -0.147. The number of hydrogen-bond acceptors (Lipinski definition) is 4. The summed E-state index contributed by atoms with van der Waals surface area (Å²) in [7, 11) is 0. The lowest BCUT2D eigenvalue weighted by Gasteiger charge is -2.35. The first-order chi connectivity index (χ1) is 9.90. The average Bonchev–Trinajstić information content (AvgIpc) is 3.18. The largest absolute Gasteiger partial charge is 0.480 e. The Hall–Kier alpha value is -1.79. The molecular weight excluding hydrogens is 276 g/mol. The summed E-state index contributed by atoms with van der Waals surface area (Å²) >= 11 is 0. The van der Waals surface area contributed by atoms with Gasteiger partial charge in [-0.25, -0.2) is 9.59 Å². The lowest BCUT2D eigenvalue weighted by Crippen LogP contribution is -2.56. The van der Waals surface area contributed by atoms with E-state index in [9.17, 15) is 19.5 Å². The number of ether oxygens (including phenoxy) is 1. The highest BCUT2D eigenvalue weighted by molar-refractivity contribution is 5.88. The molecule has 1 aliphatic heterocycles. The van der Waals surface area contributed by atoms with Crippen LogP contribution in [0.1, 0.15) is 39.5 Å². The third-order valence-corrected chi connectivity index (χ3v) is 4.17. The molecule has 7 heteroatoms. The number of carbonyl (C=O) groups is 3. The zero-order valence-electron chi connectivity index (χ0n) is 12.5. The molecule has 7 nitrogen and oxygen atoms in total. The van der Waals surface area contributed by atoms with Gasteiger partial charge in [0.25, 0.3) is 0 Å². The van der Waals surface area contributed by atoms with Gasteiger partial charge in [-0.2, -0.15) is 0 Å². The molecule has 1 N–H and O–H groups in total. The van der Waals surface area contributed by atoms with Gasteiger partial charge in [-0.1, -0.05) is 0 Å². The molecule has 2 rings (SSSR count). The number of aliphatic carboxylic acids is 1. The molecule has 1 aliphatic carbocycles. The van der Waals surface area contributed by atoms with Crippen LogP contribution < -0.4 is 0 Å². The Kier molecular flexibility index (Phi) is 4.39. The minimum Gasteiger partial charge on any atom is -0.480 e. The summed E-state index contributed by atoms with van der Waals surface area (Å²) in [6.07, 6.45) is 2.80. The van der Waals surface area contributed by atoms with Gasteiger partial charge in [0.1, 0.15) is 12.1 Å². The summed E-state index contributed by atoms with van der Waals surface area (Å²) in [4.78, 5) is 38.6. The van der Waals surface area contributed by atoms with Crippen molar-refractivity contribution in [2.24, 2.45) is 0 Å². The molecule has 1 saturated heterocycles. The van der Waals surface area contributed by atoms with Gasteiger partial charge in [0.05, 0.1) is 6.61 Å². The van der Waals surface area contributed by atoms with Crippen LogP contribution in [0.4, 0.5) is 4.79 Å². The Morgan fingerprint density at radius 2 is 2.05 bits per heavy atom. The predicted molar refractivity (Wildman–Crippen MR) is 73.7 cm³/mol. The summed E-state index contributed by atoms with van der Waals surface area (Å²) in [5.41, 5.74) is -1.18. The Morgan fingerprint density at radius 1 is 1.38 bits per heavy atom. The highest BCUT2D eigenvalue weighted by atomic mass is 16.5. The summed E-state index contributed by atoms with van der Waals surface area (Å²) in [5, 5.41) is 9.39. The molecule has 2 aliphatic rings. The van der Waals surface area contributed by atoms with Crippen molar-refractivity contribution in [3.8, 4) is 0 Å². The fourth-order valence-corrected chi connectivity index (χ4v) is 2.73. The number of carboxylic acids is 1. The number of amides is 2. The summed E-state index contributed by atoms with van der Waals surface area (Å²) in [5.74, 6) is -1.45. The van der Waals surface area contributed by atoms with Gasteiger partial charge in [-0.15, -0.1) is 0 Å². The van der Waals surface area contributed by atoms with Crippen molar-refractivity contribution in [1.29, 1.82) is 0 Å². The Balaban J connectivity index is 2.11. The van der Waals surface area contributed by atoms with Crippen molar-refractivity contribution < 1.29 is 24.2 Å². The molecule has 2 amide bonds. The van der Waals surface area contributed by atoms with E-state index in [1.54, 1.807) is 13.8 Å². The van der Waals surface area contributed by atoms with Crippen LogP contribution >= 0.6 is 0 Å². The number of hydrogen-bond donors (Lipinski definition) is 1. The molecule has 0 radical (unpaired) electrons. The van der Waals surface area contributed by atoms with E-state index in [0.717, 1.165) is 12.8 Å². The van der Waals surface area contributed by atoms with Crippen LogP contribution in [0.2, 0.25) is 0 Å². The van der Waals surface area contributed by atoms with E-state index in [-0.39, 0.29) is 25.2 Å². The second-order valence-electron chi connectivity index (χ2n) is 5.78. The number of likely N-dealkylation sites (tertiary alicyclic amines) is 1. The van der Waals surface area contributed by atoms with Gasteiger partial charge >= 0.3 is 18.0 Å². The van der Waals surface area contributed by atoms with E-state index in [1.807, 2.05) is 0 Å². The van der Waals surface area contributed by atoms with E-state index >= 15 is 0 Å². The Morgan fingerprint density at radius 3 is 2.57 bits per heavy atom. The minimum absolute atomic E-state index is 0.0283. The zero-order valence-corrected chi connectivity index (χ0v) is 12.5. The number of nitrogens with zero attached hydrogens (tertiary/aromatic N) is 2. The predicted octanol–water partition coefficient (Wildman–Crippen LogP) is 1.07. The molecule has 0 bridgehead atoms. The fourth-order valence-electron chi connectivity index (χ4n) is 2.73. The first kappa shape index (κ1) is 15.6. The highest BCUT2D eigenvalue weighted by Crippen LogP contribution is 2.34. The van der Waals surface area contributed by atoms with Gasteiger partial charge in [0.2, 0.25) is 0 Å². The van der Waals surface area contributed by atoms with Crippen molar-refractivity contribution >= 4 is 18.0 Å². The van der Waals surface area contributed by atoms with E-state index in [0.29, 0.717) is 19.4 Å². The zero-order chi connectivity index (χ0) is 15.6. The van der Waals surface area contributed by atoms with Crippen LogP contribution in [0, 0.1) is 0 Å². The number of urea groups is 1. The lowest BCUT2D eigenvalue weighted by atomic mass is 10.00. The fraction of sp³-hybridized carbons (Fsp3) is 0.786. The maximum absolute atomic E-state index is 12.7. The van der Waals surface area contributed by atoms with Crippen molar-refractivity contribution in [3.05, 3.63) is 0 Å². The molecule has 1 heterocycles. The molecule has 0 aromatic carbocycles. The average molecular weight is 298 g/mol. The number of carbonyl (C=O) groups excluding carboxylic acids is 2. The van der Waals surface area contributed by atoms with Crippen LogP contribution in [-0.4, -0.2) is 64.2 Å². The maximum Gasteiger partial charge on any atom is 0.329 e. The Labute approximate surface area is 123 Å². The first-order valence-corrected chi connectivity index (χ1v) is 7.37. The molecule has 1 saturated carbocycles. The third-order valence-electron chi connectivity index (χ3n) is 4.17. The summed E-state index contributed by atoms with van der Waals surface area (Å²) < 4.78 is 4.89. The molecular formula is C14H22N2O5. The van der Waals surface area contributed by atoms with Gasteiger partial charge in [0, 0.05) is 12.6 Å². The normalized spacial score (nSPS) is 24.8. The molecule has 118 valence electrons. The molecule has 0 spiro atoms. The van der Waals surface area contributed by atoms with Gasteiger partial charge < -0.3 is 19.6 Å². The maximum atomic E-state index is 12.7. The molecule has 1 unspecified atom stereocenters. The SMILES string of the molecule is CCOC(=O)CN(C(=O)N1CCCC1(C)C(=O)O)C1CC1. The number of carboxylic acid groups (broad SMARTS) is 1. The van der Waals surface area contributed by atoms with Crippen LogP contribution in [0.3, 0.4) is 0 Å². The van der Waals surface area contributed by atoms with Crippen molar-refractivity contribution in [2.75, 3.05) is 19.7 Å². The molecule has 21 heavy (non-hydrogen) atoms. The molecule has 1 atom stereocenters. The summed E-state index contributed by atoms with van der Waals surface area (Å²) in [6.45, 7) is 3.85. The topological polar surface area (TPSA) is 87.2 Å². The van der Waals surface area contributed by atoms with Crippen LogP contribution in [0.5, 0.6) is 0 Å². The second kappa shape index (κ2) is 5.91. The second-order valence-corrected chi connectivity index (χ2v) is 5.78. The highest BCUT2D eigenvalue weighted by Gasteiger charge is 2.49. The third kappa shape index (κ3) is 3.11. The van der Waals surface area contributed by atoms with Crippen molar-refractivity contribution in [2.45, 2.75) is 51.1 Å². The van der Waals surface area contributed by atoms with Crippen molar-refractivity contribution in [1.82, 2.24) is 9.80 Å². The standard InChI is InChI=1S/C14H22N2O5/c1-3-21-11(17)9-15(10-5-6-10)13(20)16-8-4-7-14(16,2)12(18)19/h10H,3-9H2,1-2H3,(H,18,19). The smallest absolute Gasteiger partial charge is 0.329 e. The van der Waals surface area contributed by atoms with Crippen molar-refractivity contribution in [3.63, 3.8) is 0 Å². The van der Waals surface area contributed by atoms with Crippen LogP contribution in [0.25, 0.3) is 0 Å². The molecule has 2 fully saturated rings. The van der Waals surface area contributed by atoms with E-state index in [1.165, 1.54) is 9.80 Å². The van der Waals surface area contributed by atoms with E-state index in [2.05, 4.69) is 0 Å². The van der Waals surface area contributed by atoms with E-state index in [4.69, 9.17) is 4.74 Å². The van der Waals surface area contributed by atoms with Crippen LogP contribution in [-0.2, 0) is 14.3 Å². The van der Waals surface area contributed by atoms with Crippen LogP contribution in [0.15, 0.2) is 0 Å². The minimum atomic E-state index is -1.18. The number of rotatable bonds is 5. The Bertz CT molecular complexity index is 449. The first-order valence-electron chi connectivity index (χ1n) is 7.37. The van der Waals surface area contributed by atoms with Gasteiger partial charge in [-0.3, -0.25) is 4.79 Å². The molecule has 0 aromatic rings. The van der Waals surface area contributed by atoms with Gasteiger partial charge in [0.15, 0.2) is 0 Å².